The molecule has 3 aromatic heterocycles. The number of aromatic nitrogens is 1. The lowest BCUT2D eigenvalue weighted by atomic mass is 10.0. The van der Waals surface area contributed by atoms with Gasteiger partial charge < -0.3 is 19.1 Å². The Morgan fingerprint density at radius 2 is 1.88 bits per heavy atom. The van der Waals surface area contributed by atoms with E-state index in [-0.39, 0.29) is 17.9 Å². The fourth-order valence-corrected chi connectivity index (χ4v) is 4.11. The first-order valence-electron chi connectivity index (χ1n) is 10.7. The molecule has 0 unspecified atom stereocenters. The van der Waals surface area contributed by atoms with Crippen LogP contribution in [0.1, 0.15) is 39.5 Å². The van der Waals surface area contributed by atoms with E-state index in [4.69, 9.17) is 8.83 Å². The molecule has 4 aromatic rings. The van der Waals surface area contributed by atoms with Crippen LogP contribution in [0.25, 0.3) is 22.4 Å². The summed E-state index contributed by atoms with van der Waals surface area (Å²) in [6, 6.07) is 16.5. The third kappa shape index (κ3) is 3.89. The Kier molecular flexibility index (Phi) is 5.23. The number of pyridine rings is 1. The predicted molar refractivity (Wildman–Crippen MR) is 119 cm³/mol. The van der Waals surface area contributed by atoms with Crippen molar-refractivity contribution in [3.63, 3.8) is 0 Å². The largest absolute Gasteiger partial charge is 0.460 e. The Bertz CT molecular complexity index is 1270. The summed E-state index contributed by atoms with van der Waals surface area (Å²) in [7, 11) is 0. The highest BCUT2D eigenvalue weighted by Crippen LogP contribution is 2.26. The zero-order valence-electron chi connectivity index (χ0n) is 17.7. The summed E-state index contributed by atoms with van der Waals surface area (Å²) in [6.45, 7) is 3.01. The molecule has 1 aliphatic heterocycles. The number of rotatable bonds is 4. The van der Waals surface area contributed by atoms with Gasteiger partial charge in [-0.25, -0.2) is 4.98 Å². The Hall–Kier alpha value is -3.87. The van der Waals surface area contributed by atoms with Crippen molar-refractivity contribution in [2.75, 3.05) is 13.1 Å². The van der Waals surface area contributed by atoms with Gasteiger partial charge in [0, 0.05) is 24.5 Å². The lowest BCUT2D eigenvalue weighted by Crippen LogP contribution is -2.46. The first kappa shape index (κ1) is 20.1. The van der Waals surface area contributed by atoms with Gasteiger partial charge in [-0.15, -0.1) is 0 Å². The molecule has 32 heavy (non-hydrogen) atoms. The van der Waals surface area contributed by atoms with Crippen molar-refractivity contribution in [2.45, 2.75) is 25.8 Å². The van der Waals surface area contributed by atoms with E-state index in [0.717, 1.165) is 16.7 Å². The molecular weight excluding hydrogens is 406 g/mol. The number of carbonyl (C=O) groups is 2. The summed E-state index contributed by atoms with van der Waals surface area (Å²) < 4.78 is 10.9. The van der Waals surface area contributed by atoms with E-state index < -0.39 is 0 Å². The average Bonchev–Trinajstić information content (AvgIpc) is 3.50. The molecule has 7 nitrogen and oxygen atoms in total. The topological polar surface area (TPSA) is 88.6 Å². The van der Waals surface area contributed by atoms with Crippen LogP contribution in [0.15, 0.2) is 69.7 Å². The molecule has 1 aromatic carbocycles. The van der Waals surface area contributed by atoms with E-state index in [1.54, 1.807) is 23.1 Å². The second kappa shape index (κ2) is 8.34. The minimum Gasteiger partial charge on any atom is -0.460 e. The second-order valence-corrected chi connectivity index (χ2v) is 8.00. The number of para-hydroxylation sites is 1. The highest BCUT2D eigenvalue weighted by molar-refractivity contribution is 6.07. The first-order chi connectivity index (χ1) is 15.6. The maximum absolute atomic E-state index is 13.3. The van der Waals surface area contributed by atoms with Crippen LogP contribution >= 0.6 is 0 Å². The average molecular weight is 429 g/mol. The van der Waals surface area contributed by atoms with Crippen molar-refractivity contribution in [1.82, 2.24) is 15.2 Å². The molecule has 0 atom stereocenters. The summed E-state index contributed by atoms with van der Waals surface area (Å²) >= 11 is 0. The molecule has 0 radical (unpaired) electrons. The van der Waals surface area contributed by atoms with Gasteiger partial charge in [0.25, 0.3) is 11.8 Å². The minimum atomic E-state index is -0.149. The van der Waals surface area contributed by atoms with Gasteiger partial charge in [0.15, 0.2) is 11.5 Å². The van der Waals surface area contributed by atoms with E-state index in [1.165, 1.54) is 6.26 Å². The standard InChI is InChI=1S/C25H23N3O4/c1-16-8-9-22(32-16)21-15-19(18-5-2-3-6-20(18)27-21)24(29)26-17-10-12-28(13-11-17)25(30)23-7-4-14-31-23/h2-9,14-15,17H,10-13H2,1H3,(H,26,29). The molecule has 0 bridgehead atoms. The maximum Gasteiger partial charge on any atom is 0.289 e. The fraction of sp³-hybridized carbons (Fsp3) is 0.240. The summed E-state index contributed by atoms with van der Waals surface area (Å²) in [4.78, 5) is 32.2. The van der Waals surface area contributed by atoms with Crippen LogP contribution in [-0.2, 0) is 0 Å². The van der Waals surface area contributed by atoms with E-state index in [1.807, 2.05) is 43.3 Å². The van der Waals surface area contributed by atoms with E-state index in [2.05, 4.69) is 10.3 Å². The van der Waals surface area contributed by atoms with Gasteiger partial charge in [0.2, 0.25) is 0 Å². The van der Waals surface area contributed by atoms with Crippen molar-refractivity contribution in [1.29, 1.82) is 0 Å². The normalized spacial score (nSPS) is 14.6. The number of nitrogens with one attached hydrogen (secondary N) is 1. The van der Waals surface area contributed by atoms with E-state index in [9.17, 15) is 9.59 Å². The van der Waals surface area contributed by atoms with Gasteiger partial charge in [-0.1, -0.05) is 18.2 Å². The highest BCUT2D eigenvalue weighted by Gasteiger charge is 2.26. The number of nitrogens with zero attached hydrogens (tertiary/aromatic N) is 2. The van der Waals surface area contributed by atoms with Gasteiger partial charge in [0.05, 0.1) is 17.3 Å². The molecule has 7 heteroatoms. The molecule has 4 heterocycles. The smallest absolute Gasteiger partial charge is 0.289 e. The van der Waals surface area contributed by atoms with Crippen molar-refractivity contribution in [3.8, 4) is 11.5 Å². The summed E-state index contributed by atoms with van der Waals surface area (Å²) in [5.41, 5.74) is 1.93. The number of likely N-dealkylation sites (tertiary alicyclic amines) is 1. The van der Waals surface area contributed by atoms with Crippen LogP contribution < -0.4 is 5.32 Å². The lowest BCUT2D eigenvalue weighted by Gasteiger charge is -2.32. The Morgan fingerprint density at radius 3 is 2.59 bits per heavy atom. The zero-order valence-corrected chi connectivity index (χ0v) is 17.7. The van der Waals surface area contributed by atoms with Crippen molar-refractivity contribution in [2.24, 2.45) is 0 Å². The van der Waals surface area contributed by atoms with Gasteiger partial charge in [-0.05, 0) is 56.2 Å². The van der Waals surface area contributed by atoms with E-state index >= 15 is 0 Å². The van der Waals surface area contributed by atoms with Gasteiger partial charge in [0.1, 0.15) is 11.5 Å². The molecule has 1 N–H and O–H groups in total. The number of carbonyl (C=O) groups excluding carboxylic acids is 2. The Balaban J connectivity index is 1.33. The van der Waals surface area contributed by atoms with Gasteiger partial charge in [-0.2, -0.15) is 0 Å². The number of furan rings is 2. The van der Waals surface area contributed by atoms with Crippen LogP contribution in [0.5, 0.6) is 0 Å². The third-order valence-corrected chi connectivity index (χ3v) is 5.80. The minimum absolute atomic E-state index is 0.00983. The van der Waals surface area contributed by atoms with Gasteiger partial charge in [-0.3, -0.25) is 9.59 Å². The highest BCUT2D eigenvalue weighted by atomic mass is 16.3. The quantitative estimate of drug-likeness (QED) is 0.518. The zero-order chi connectivity index (χ0) is 22.1. The van der Waals surface area contributed by atoms with Crippen LogP contribution in [0.3, 0.4) is 0 Å². The molecule has 2 amide bonds. The van der Waals surface area contributed by atoms with Crippen molar-refractivity contribution in [3.05, 3.63) is 77.9 Å². The Morgan fingerprint density at radius 1 is 1.06 bits per heavy atom. The maximum atomic E-state index is 13.3. The number of amides is 2. The summed E-state index contributed by atoms with van der Waals surface area (Å²) in [5, 5.41) is 3.94. The molecular formula is C25H23N3O4. The van der Waals surface area contributed by atoms with Crippen LogP contribution in [0.2, 0.25) is 0 Å². The van der Waals surface area contributed by atoms with Crippen molar-refractivity contribution < 1.29 is 18.4 Å². The molecule has 1 aliphatic rings. The molecule has 1 fully saturated rings. The summed E-state index contributed by atoms with van der Waals surface area (Å²) in [5.74, 6) is 1.50. The van der Waals surface area contributed by atoms with Crippen molar-refractivity contribution >= 4 is 22.7 Å². The second-order valence-electron chi connectivity index (χ2n) is 8.00. The number of fused-ring (bicyclic) bond motifs is 1. The molecule has 0 aliphatic carbocycles. The van der Waals surface area contributed by atoms with Crippen LogP contribution in [-0.4, -0.2) is 40.8 Å². The van der Waals surface area contributed by atoms with E-state index in [0.29, 0.717) is 48.7 Å². The van der Waals surface area contributed by atoms with Gasteiger partial charge >= 0.3 is 0 Å². The summed E-state index contributed by atoms with van der Waals surface area (Å²) in [6.07, 6.45) is 2.87. The first-order valence-corrected chi connectivity index (χ1v) is 10.7. The molecule has 0 spiro atoms. The Labute approximate surface area is 185 Å². The van der Waals surface area contributed by atoms with Crippen LogP contribution in [0, 0.1) is 6.92 Å². The number of piperidine rings is 1. The molecule has 1 saturated heterocycles. The van der Waals surface area contributed by atoms with Crippen LogP contribution in [0.4, 0.5) is 0 Å². The molecule has 0 saturated carbocycles. The third-order valence-electron chi connectivity index (χ3n) is 5.80. The SMILES string of the molecule is Cc1ccc(-c2cc(C(=O)NC3CCN(C(=O)c4ccco4)CC3)c3ccccc3n2)o1. The molecule has 162 valence electrons. The number of benzene rings is 1. The monoisotopic (exact) mass is 429 g/mol. The lowest BCUT2D eigenvalue weighted by molar-refractivity contribution is 0.0667. The number of hydrogen-bond donors (Lipinski definition) is 1. The molecule has 5 rings (SSSR count). The fourth-order valence-electron chi connectivity index (χ4n) is 4.11. The number of hydrogen-bond acceptors (Lipinski definition) is 5. The number of aryl methyl sites for hydroxylation is 1. The predicted octanol–water partition coefficient (Wildman–Crippen LogP) is 4.43.